The van der Waals surface area contributed by atoms with Crippen LogP contribution in [-0.4, -0.2) is 25.7 Å². The van der Waals surface area contributed by atoms with Crippen molar-refractivity contribution in [1.29, 1.82) is 0 Å². The van der Waals surface area contributed by atoms with Gasteiger partial charge in [0.05, 0.1) is 19.6 Å². The molecule has 0 aromatic rings. The van der Waals surface area contributed by atoms with Gasteiger partial charge in [0.2, 0.25) is 0 Å². The van der Waals surface area contributed by atoms with Crippen molar-refractivity contribution >= 4 is 11.9 Å². The quantitative estimate of drug-likeness (QED) is 0.502. The summed E-state index contributed by atoms with van der Waals surface area (Å²) in [5.74, 6) is -0.600. The van der Waals surface area contributed by atoms with E-state index in [-0.39, 0.29) is 17.9 Å². The van der Waals surface area contributed by atoms with Crippen molar-refractivity contribution < 1.29 is 19.1 Å². The average molecular weight is 198 g/mol. The summed E-state index contributed by atoms with van der Waals surface area (Å²) in [6.07, 6.45) is 2.69. The number of carbonyl (C=O) groups is 2. The van der Waals surface area contributed by atoms with Gasteiger partial charge in [-0.15, -0.1) is 0 Å². The second kappa shape index (κ2) is 4.79. The lowest BCUT2D eigenvalue weighted by atomic mass is 9.80. The van der Waals surface area contributed by atoms with Crippen molar-refractivity contribution in [1.82, 2.24) is 0 Å². The highest BCUT2D eigenvalue weighted by molar-refractivity contribution is 5.84. The molecule has 0 heterocycles. The molecule has 4 heteroatoms. The minimum Gasteiger partial charge on any atom is -0.469 e. The zero-order chi connectivity index (χ0) is 10.6. The fraction of sp³-hybridized carbons (Fsp3) is 0.600. The van der Waals surface area contributed by atoms with E-state index in [1.807, 2.05) is 0 Å². The van der Waals surface area contributed by atoms with Crippen molar-refractivity contribution in [3.05, 3.63) is 11.6 Å². The Hall–Kier alpha value is -1.32. The van der Waals surface area contributed by atoms with Crippen molar-refractivity contribution in [3.8, 4) is 0 Å². The molecule has 0 aromatic heterocycles. The topological polar surface area (TPSA) is 52.6 Å². The number of rotatable bonds is 3. The van der Waals surface area contributed by atoms with Crippen LogP contribution in [0.3, 0.4) is 0 Å². The Morgan fingerprint density at radius 1 is 1.50 bits per heavy atom. The van der Waals surface area contributed by atoms with Crippen LogP contribution in [0.2, 0.25) is 0 Å². The van der Waals surface area contributed by atoms with E-state index in [1.54, 1.807) is 6.92 Å². The third kappa shape index (κ3) is 2.58. The van der Waals surface area contributed by atoms with E-state index in [4.69, 9.17) is 4.74 Å². The molecule has 0 bridgehead atoms. The Balaban J connectivity index is 2.33. The lowest BCUT2D eigenvalue weighted by Gasteiger charge is -2.26. The zero-order valence-corrected chi connectivity index (χ0v) is 8.41. The maximum Gasteiger partial charge on any atom is 0.330 e. The molecule has 1 aliphatic rings. The first-order chi connectivity index (χ1) is 6.67. The summed E-state index contributed by atoms with van der Waals surface area (Å²) >= 11 is 0. The van der Waals surface area contributed by atoms with E-state index in [9.17, 15) is 9.59 Å². The molecule has 1 fully saturated rings. The zero-order valence-electron chi connectivity index (χ0n) is 8.41. The lowest BCUT2D eigenvalue weighted by molar-refractivity contribution is -0.147. The van der Waals surface area contributed by atoms with Crippen LogP contribution in [-0.2, 0) is 19.1 Å². The Bertz CT molecular complexity index is 259. The van der Waals surface area contributed by atoms with Crippen LogP contribution in [0, 0.1) is 5.92 Å². The fourth-order valence-electron chi connectivity index (χ4n) is 1.37. The Morgan fingerprint density at radius 3 is 2.64 bits per heavy atom. The number of carbonyl (C=O) groups excluding carboxylic acids is 2. The van der Waals surface area contributed by atoms with Crippen molar-refractivity contribution in [2.75, 3.05) is 13.7 Å². The normalized spacial score (nSPS) is 19.6. The van der Waals surface area contributed by atoms with Gasteiger partial charge in [-0.2, -0.15) is 0 Å². The maximum atomic E-state index is 11.0. The van der Waals surface area contributed by atoms with Crippen LogP contribution in [0.15, 0.2) is 11.6 Å². The molecule has 0 aliphatic heterocycles. The molecule has 1 saturated carbocycles. The van der Waals surface area contributed by atoms with Crippen LogP contribution >= 0.6 is 0 Å². The van der Waals surface area contributed by atoms with E-state index in [0.29, 0.717) is 19.4 Å². The first-order valence-electron chi connectivity index (χ1n) is 4.61. The molecule has 1 rings (SSSR count). The number of methoxy groups -OCH3 is 1. The Morgan fingerprint density at radius 2 is 2.14 bits per heavy atom. The minimum atomic E-state index is -0.328. The standard InChI is InChI=1S/C10H14O4/c1-3-14-9(11)6-7-4-8(5-7)10(12)13-2/h6,8H,3-5H2,1-2H3. The van der Waals surface area contributed by atoms with Gasteiger partial charge in [-0.3, -0.25) is 4.79 Å². The number of esters is 2. The highest BCUT2D eigenvalue weighted by Gasteiger charge is 2.30. The van der Waals surface area contributed by atoms with Crippen LogP contribution in [0.1, 0.15) is 19.8 Å². The minimum absolute atomic E-state index is 0.0688. The van der Waals surface area contributed by atoms with Gasteiger partial charge >= 0.3 is 11.9 Å². The van der Waals surface area contributed by atoms with Gasteiger partial charge in [0, 0.05) is 6.08 Å². The van der Waals surface area contributed by atoms with E-state index < -0.39 is 0 Å². The molecule has 0 spiro atoms. The largest absolute Gasteiger partial charge is 0.469 e. The fourth-order valence-corrected chi connectivity index (χ4v) is 1.37. The molecule has 14 heavy (non-hydrogen) atoms. The molecular weight excluding hydrogens is 184 g/mol. The van der Waals surface area contributed by atoms with Gasteiger partial charge in [0.15, 0.2) is 0 Å². The second-order valence-electron chi connectivity index (χ2n) is 3.18. The number of allylic oxidation sites excluding steroid dienone is 1. The van der Waals surface area contributed by atoms with Gasteiger partial charge < -0.3 is 9.47 Å². The SMILES string of the molecule is CCOC(=O)C=C1CC(C(=O)OC)C1. The monoisotopic (exact) mass is 198 g/mol. The molecule has 0 radical (unpaired) electrons. The van der Waals surface area contributed by atoms with Crippen molar-refractivity contribution in [2.24, 2.45) is 5.92 Å². The summed E-state index contributed by atoms with van der Waals surface area (Å²) in [5, 5.41) is 0. The van der Waals surface area contributed by atoms with E-state index in [0.717, 1.165) is 5.57 Å². The van der Waals surface area contributed by atoms with Gasteiger partial charge in [-0.25, -0.2) is 4.79 Å². The van der Waals surface area contributed by atoms with Crippen LogP contribution in [0.4, 0.5) is 0 Å². The summed E-state index contributed by atoms with van der Waals surface area (Å²) in [7, 11) is 1.37. The summed E-state index contributed by atoms with van der Waals surface area (Å²) in [4.78, 5) is 22.0. The number of hydrogen-bond donors (Lipinski definition) is 0. The number of ether oxygens (including phenoxy) is 2. The summed E-state index contributed by atoms with van der Waals surface area (Å²) in [6.45, 7) is 2.14. The number of hydrogen-bond acceptors (Lipinski definition) is 4. The molecule has 0 saturated heterocycles. The highest BCUT2D eigenvalue weighted by Crippen LogP contribution is 2.33. The summed E-state index contributed by atoms with van der Waals surface area (Å²) in [6, 6.07) is 0. The molecular formula is C10H14O4. The highest BCUT2D eigenvalue weighted by atomic mass is 16.5. The lowest BCUT2D eigenvalue weighted by Crippen LogP contribution is -2.26. The molecule has 4 nitrogen and oxygen atoms in total. The molecule has 0 N–H and O–H groups in total. The molecule has 78 valence electrons. The third-order valence-electron chi connectivity index (χ3n) is 2.16. The smallest absolute Gasteiger partial charge is 0.330 e. The molecule has 0 unspecified atom stereocenters. The van der Waals surface area contributed by atoms with Gasteiger partial charge in [-0.05, 0) is 19.8 Å². The first kappa shape index (κ1) is 10.8. The second-order valence-corrected chi connectivity index (χ2v) is 3.18. The third-order valence-corrected chi connectivity index (χ3v) is 2.16. The van der Waals surface area contributed by atoms with Crippen LogP contribution in [0.5, 0.6) is 0 Å². The van der Waals surface area contributed by atoms with E-state index >= 15 is 0 Å². The van der Waals surface area contributed by atoms with Crippen LogP contribution in [0.25, 0.3) is 0 Å². The average Bonchev–Trinajstić information content (AvgIpc) is 2.10. The summed E-state index contributed by atoms with van der Waals surface area (Å²) < 4.78 is 9.31. The predicted molar refractivity (Wildman–Crippen MR) is 49.5 cm³/mol. The van der Waals surface area contributed by atoms with Crippen molar-refractivity contribution in [3.63, 3.8) is 0 Å². The molecule has 0 aromatic carbocycles. The first-order valence-corrected chi connectivity index (χ1v) is 4.61. The molecule has 1 aliphatic carbocycles. The molecule has 0 amide bonds. The van der Waals surface area contributed by atoms with Gasteiger partial charge in [-0.1, -0.05) is 5.57 Å². The molecule has 0 atom stereocenters. The van der Waals surface area contributed by atoms with Crippen molar-refractivity contribution in [2.45, 2.75) is 19.8 Å². The van der Waals surface area contributed by atoms with E-state index in [2.05, 4.69) is 4.74 Å². The predicted octanol–water partition coefficient (Wildman–Crippen LogP) is 1.06. The van der Waals surface area contributed by atoms with Gasteiger partial charge in [0.25, 0.3) is 0 Å². The van der Waals surface area contributed by atoms with Crippen LogP contribution < -0.4 is 0 Å². The summed E-state index contributed by atoms with van der Waals surface area (Å²) in [5.41, 5.74) is 0.957. The maximum absolute atomic E-state index is 11.0. The Kier molecular flexibility index (Phi) is 3.68. The Labute approximate surface area is 82.9 Å². The van der Waals surface area contributed by atoms with Gasteiger partial charge in [0.1, 0.15) is 0 Å². The van der Waals surface area contributed by atoms with E-state index in [1.165, 1.54) is 13.2 Å².